The van der Waals surface area contributed by atoms with Gasteiger partial charge in [0.1, 0.15) is 0 Å². The van der Waals surface area contributed by atoms with E-state index in [1.54, 1.807) is 0 Å². The van der Waals surface area contributed by atoms with Crippen LogP contribution in [0.4, 0.5) is 0 Å². The third-order valence-electron chi connectivity index (χ3n) is 2.71. The second-order valence-electron chi connectivity index (χ2n) is 3.84. The molecule has 1 atom stereocenters. The molecular formula is C10H17N3. The zero-order valence-electron chi connectivity index (χ0n) is 8.16. The molecule has 0 spiro atoms. The third kappa shape index (κ3) is 1.61. The largest absolute Gasteiger partial charge is 0.327 e. The summed E-state index contributed by atoms with van der Waals surface area (Å²) < 4.78 is 2.12. The first-order valence-electron chi connectivity index (χ1n) is 5.10. The van der Waals surface area contributed by atoms with Gasteiger partial charge in [-0.15, -0.1) is 0 Å². The van der Waals surface area contributed by atoms with Crippen LogP contribution in [0.5, 0.6) is 0 Å². The highest BCUT2D eigenvalue weighted by Crippen LogP contribution is 2.20. The predicted molar refractivity (Wildman–Crippen MR) is 52.5 cm³/mol. The third-order valence-corrected chi connectivity index (χ3v) is 2.71. The van der Waals surface area contributed by atoms with Crippen molar-refractivity contribution in [3.63, 3.8) is 0 Å². The lowest BCUT2D eigenvalue weighted by molar-refractivity contribution is 0.513. The fourth-order valence-electron chi connectivity index (χ4n) is 1.99. The molecule has 1 unspecified atom stereocenters. The second kappa shape index (κ2) is 3.50. The second-order valence-corrected chi connectivity index (χ2v) is 3.84. The Hall–Kier alpha value is -0.830. The number of aryl methyl sites for hydroxylation is 2. The zero-order valence-corrected chi connectivity index (χ0v) is 8.16. The van der Waals surface area contributed by atoms with Crippen LogP contribution < -0.4 is 5.73 Å². The number of hydrogen-bond acceptors (Lipinski definition) is 2. The monoisotopic (exact) mass is 179 g/mol. The Balaban J connectivity index is 2.25. The van der Waals surface area contributed by atoms with Crippen LogP contribution in [0, 0.1) is 0 Å². The summed E-state index contributed by atoms with van der Waals surface area (Å²) in [6, 6.07) is 0.347. The molecule has 3 heteroatoms. The maximum atomic E-state index is 5.93. The Morgan fingerprint density at radius 3 is 3.31 bits per heavy atom. The molecule has 1 aromatic rings. The van der Waals surface area contributed by atoms with Crippen LogP contribution in [0.15, 0.2) is 6.20 Å². The summed E-state index contributed by atoms with van der Waals surface area (Å²) in [5, 5.41) is 4.38. The molecule has 0 saturated heterocycles. The van der Waals surface area contributed by atoms with E-state index in [0.717, 1.165) is 32.2 Å². The van der Waals surface area contributed by atoms with Gasteiger partial charge in [0.25, 0.3) is 0 Å². The van der Waals surface area contributed by atoms with Gasteiger partial charge >= 0.3 is 0 Å². The van der Waals surface area contributed by atoms with E-state index in [9.17, 15) is 0 Å². The van der Waals surface area contributed by atoms with Gasteiger partial charge in [-0.3, -0.25) is 4.68 Å². The fourth-order valence-corrected chi connectivity index (χ4v) is 1.99. The average molecular weight is 179 g/mol. The lowest BCUT2D eigenvalue weighted by Crippen LogP contribution is -2.29. The van der Waals surface area contributed by atoms with Crippen LogP contribution in [-0.2, 0) is 19.4 Å². The van der Waals surface area contributed by atoms with Gasteiger partial charge < -0.3 is 5.73 Å². The van der Waals surface area contributed by atoms with E-state index in [0.29, 0.717) is 6.04 Å². The molecule has 13 heavy (non-hydrogen) atoms. The number of nitrogens with two attached hydrogens (primary N) is 1. The topological polar surface area (TPSA) is 43.8 Å². The van der Waals surface area contributed by atoms with E-state index in [4.69, 9.17) is 5.73 Å². The Morgan fingerprint density at radius 2 is 2.54 bits per heavy atom. The number of fused-ring (bicyclic) bond motifs is 1. The molecule has 0 saturated carbocycles. The van der Waals surface area contributed by atoms with Crippen molar-refractivity contribution < 1.29 is 0 Å². The Kier molecular flexibility index (Phi) is 2.36. The van der Waals surface area contributed by atoms with Gasteiger partial charge in [-0.2, -0.15) is 5.10 Å². The molecule has 1 aliphatic rings. The predicted octanol–water partition coefficient (Wildman–Crippen LogP) is 1.11. The SMILES string of the molecule is CCCn1ncc2c1CC(N)CC2. The zero-order chi connectivity index (χ0) is 9.26. The minimum Gasteiger partial charge on any atom is -0.327 e. The summed E-state index contributed by atoms with van der Waals surface area (Å²) in [6.45, 7) is 3.21. The molecule has 0 fully saturated rings. The van der Waals surface area contributed by atoms with Gasteiger partial charge in [0.15, 0.2) is 0 Å². The molecule has 0 aromatic carbocycles. The number of aromatic nitrogens is 2. The van der Waals surface area contributed by atoms with Crippen molar-refractivity contribution in [1.29, 1.82) is 0 Å². The van der Waals surface area contributed by atoms with Gasteiger partial charge in [0.2, 0.25) is 0 Å². The van der Waals surface area contributed by atoms with Crippen LogP contribution in [0.25, 0.3) is 0 Å². The number of hydrogen-bond donors (Lipinski definition) is 1. The lowest BCUT2D eigenvalue weighted by Gasteiger charge is -2.19. The smallest absolute Gasteiger partial charge is 0.0524 e. The van der Waals surface area contributed by atoms with Crippen molar-refractivity contribution in [1.82, 2.24) is 9.78 Å². The standard InChI is InChI=1S/C10H17N3/c1-2-5-13-10-6-9(11)4-3-8(10)7-12-13/h7,9H,2-6,11H2,1H3. The van der Waals surface area contributed by atoms with Crippen molar-refractivity contribution in [2.45, 2.75) is 45.2 Å². The van der Waals surface area contributed by atoms with Gasteiger partial charge in [-0.1, -0.05) is 6.92 Å². The van der Waals surface area contributed by atoms with E-state index < -0.39 is 0 Å². The van der Waals surface area contributed by atoms with Crippen molar-refractivity contribution in [2.75, 3.05) is 0 Å². The first kappa shape index (κ1) is 8.75. The normalized spacial score (nSPS) is 21.5. The maximum absolute atomic E-state index is 5.93. The quantitative estimate of drug-likeness (QED) is 0.739. The first-order chi connectivity index (χ1) is 6.31. The first-order valence-corrected chi connectivity index (χ1v) is 5.10. The van der Waals surface area contributed by atoms with Gasteiger partial charge in [-0.05, 0) is 24.8 Å². The molecule has 1 aliphatic carbocycles. The van der Waals surface area contributed by atoms with Crippen LogP contribution in [0.2, 0.25) is 0 Å². The molecule has 1 heterocycles. The highest BCUT2D eigenvalue weighted by Gasteiger charge is 2.19. The van der Waals surface area contributed by atoms with Gasteiger partial charge in [-0.25, -0.2) is 0 Å². The average Bonchev–Trinajstić information content (AvgIpc) is 2.49. The Bertz CT molecular complexity index is 290. The summed E-state index contributed by atoms with van der Waals surface area (Å²) >= 11 is 0. The van der Waals surface area contributed by atoms with Crippen LogP contribution in [0.3, 0.4) is 0 Å². The summed E-state index contributed by atoms with van der Waals surface area (Å²) in [5.41, 5.74) is 8.72. The molecule has 0 bridgehead atoms. The Labute approximate surface area is 78.9 Å². The van der Waals surface area contributed by atoms with E-state index in [2.05, 4.69) is 16.7 Å². The molecule has 0 amide bonds. The molecule has 0 aliphatic heterocycles. The highest BCUT2D eigenvalue weighted by atomic mass is 15.3. The maximum Gasteiger partial charge on any atom is 0.0524 e. The van der Waals surface area contributed by atoms with Crippen molar-refractivity contribution in [2.24, 2.45) is 5.73 Å². The minimum atomic E-state index is 0.347. The summed E-state index contributed by atoms with van der Waals surface area (Å²) in [6.07, 6.45) is 6.39. The van der Waals surface area contributed by atoms with Crippen LogP contribution >= 0.6 is 0 Å². The van der Waals surface area contributed by atoms with Crippen LogP contribution in [0.1, 0.15) is 31.0 Å². The van der Waals surface area contributed by atoms with Crippen molar-refractivity contribution in [3.8, 4) is 0 Å². The molecule has 3 nitrogen and oxygen atoms in total. The van der Waals surface area contributed by atoms with Gasteiger partial charge in [0.05, 0.1) is 6.20 Å². The molecule has 72 valence electrons. The Morgan fingerprint density at radius 1 is 1.69 bits per heavy atom. The summed E-state index contributed by atoms with van der Waals surface area (Å²) in [7, 11) is 0. The van der Waals surface area contributed by atoms with E-state index in [-0.39, 0.29) is 0 Å². The molecule has 0 radical (unpaired) electrons. The fraction of sp³-hybridized carbons (Fsp3) is 0.700. The molecule has 2 N–H and O–H groups in total. The van der Waals surface area contributed by atoms with Crippen LogP contribution in [-0.4, -0.2) is 15.8 Å². The van der Waals surface area contributed by atoms with Gasteiger partial charge in [0, 0.05) is 24.7 Å². The van der Waals surface area contributed by atoms with E-state index in [1.807, 2.05) is 6.20 Å². The lowest BCUT2D eigenvalue weighted by atomic mass is 9.94. The summed E-state index contributed by atoms with van der Waals surface area (Å²) in [4.78, 5) is 0. The molecule has 1 aromatic heterocycles. The van der Waals surface area contributed by atoms with Crippen molar-refractivity contribution in [3.05, 3.63) is 17.5 Å². The highest BCUT2D eigenvalue weighted by molar-refractivity contribution is 5.22. The number of nitrogens with zero attached hydrogens (tertiary/aromatic N) is 2. The summed E-state index contributed by atoms with van der Waals surface area (Å²) in [5.74, 6) is 0. The number of rotatable bonds is 2. The molecular weight excluding hydrogens is 162 g/mol. The molecule has 2 rings (SSSR count). The minimum absolute atomic E-state index is 0.347. The van der Waals surface area contributed by atoms with E-state index in [1.165, 1.54) is 11.3 Å². The van der Waals surface area contributed by atoms with E-state index >= 15 is 0 Å². The van der Waals surface area contributed by atoms with Crippen molar-refractivity contribution >= 4 is 0 Å².